The fourth-order valence-corrected chi connectivity index (χ4v) is 3.68. The van der Waals surface area contributed by atoms with Crippen molar-refractivity contribution < 1.29 is 14.3 Å². The van der Waals surface area contributed by atoms with Crippen LogP contribution < -0.4 is 9.64 Å². The molecule has 1 aromatic carbocycles. The zero-order chi connectivity index (χ0) is 21.0. The van der Waals surface area contributed by atoms with Gasteiger partial charge in [-0.2, -0.15) is 0 Å². The molecule has 3 aromatic rings. The molecule has 0 radical (unpaired) electrons. The lowest BCUT2D eigenvalue weighted by Crippen LogP contribution is -2.34. The molecular weight excluding hydrogens is 388 g/mol. The maximum Gasteiger partial charge on any atom is 0.273 e. The Morgan fingerprint density at radius 2 is 1.97 bits per heavy atom. The summed E-state index contributed by atoms with van der Waals surface area (Å²) in [5, 5.41) is 3.67. The average molecular weight is 415 g/mol. The quantitative estimate of drug-likeness (QED) is 0.563. The van der Waals surface area contributed by atoms with Crippen molar-refractivity contribution in [3.63, 3.8) is 0 Å². The lowest BCUT2D eigenvalue weighted by atomic mass is 10.1. The lowest BCUT2D eigenvalue weighted by Gasteiger charge is -2.25. The highest BCUT2D eigenvalue weighted by Crippen LogP contribution is 2.27. The van der Waals surface area contributed by atoms with Crippen molar-refractivity contribution in [2.45, 2.75) is 13.5 Å². The van der Waals surface area contributed by atoms with Gasteiger partial charge < -0.3 is 19.3 Å². The molecule has 3 rings (SSSR count). The Balaban J connectivity index is 1.98. The zero-order valence-corrected chi connectivity index (χ0v) is 18.2. The van der Waals surface area contributed by atoms with Crippen molar-refractivity contribution in [1.82, 2.24) is 14.9 Å². The summed E-state index contributed by atoms with van der Waals surface area (Å²) in [5.41, 5.74) is 2.28. The van der Waals surface area contributed by atoms with Gasteiger partial charge in [-0.15, -0.1) is 11.3 Å². The Kier molecular flexibility index (Phi) is 6.66. The summed E-state index contributed by atoms with van der Waals surface area (Å²) in [6.45, 7) is 3.23. The second kappa shape index (κ2) is 9.19. The number of hydrogen-bond donors (Lipinski definition) is 0. The van der Waals surface area contributed by atoms with Crippen molar-refractivity contribution in [1.29, 1.82) is 0 Å². The predicted molar refractivity (Wildman–Crippen MR) is 116 cm³/mol. The maximum absolute atomic E-state index is 13.1. The zero-order valence-electron chi connectivity index (χ0n) is 17.4. The first-order valence-corrected chi connectivity index (χ1v) is 10.2. The number of carbonyl (C=O) groups is 1. The Bertz CT molecular complexity index is 1000. The van der Waals surface area contributed by atoms with Gasteiger partial charge >= 0.3 is 0 Å². The minimum atomic E-state index is -0.106. The highest BCUT2D eigenvalue weighted by Gasteiger charge is 2.21. The van der Waals surface area contributed by atoms with E-state index in [0.29, 0.717) is 25.4 Å². The molecule has 0 aliphatic rings. The van der Waals surface area contributed by atoms with E-state index in [1.54, 1.807) is 24.5 Å². The van der Waals surface area contributed by atoms with Crippen LogP contribution in [0.3, 0.4) is 0 Å². The van der Waals surface area contributed by atoms with Crippen molar-refractivity contribution in [2.24, 2.45) is 0 Å². The van der Waals surface area contributed by atoms with Crippen LogP contribution in [0.25, 0.3) is 10.9 Å². The van der Waals surface area contributed by atoms with Gasteiger partial charge in [0, 0.05) is 56.7 Å². The Morgan fingerprint density at radius 1 is 1.17 bits per heavy atom. The van der Waals surface area contributed by atoms with Crippen molar-refractivity contribution in [3.8, 4) is 5.75 Å². The number of carbonyl (C=O) groups excluding carboxylic acids is 1. The Morgan fingerprint density at radius 3 is 2.59 bits per heavy atom. The number of amides is 1. The molecule has 0 fully saturated rings. The third kappa shape index (κ3) is 4.83. The van der Waals surface area contributed by atoms with Gasteiger partial charge in [0.2, 0.25) is 0 Å². The number of pyridine rings is 1. The van der Waals surface area contributed by atoms with E-state index in [9.17, 15) is 4.79 Å². The Labute approximate surface area is 174 Å². The second-order valence-corrected chi connectivity index (χ2v) is 7.96. The smallest absolute Gasteiger partial charge is 0.273 e. The number of aryl methyl sites for hydroxylation is 1. The molecule has 0 aliphatic carbocycles. The first-order valence-electron chi connectivity index (χ1n) is 9.28. The molecule has 0 unspecified atom stereocenters. The number of anilines is 1. The third-order valence-corrected chi connectivity index (χ3v) is 5.33. The Hall–Kier alpha value is -2.71. The van der Waals surface area contributed by atoms with Crippen LogP contribution in [0.4, 0.5) is 5.82 Å². The monoisotopic (exact) mass is 414 g/mol. The highest BCUT2D eigenvalue weighted by molar-refractivity contribution is 7.09. The van der Waals surface area contributed by atoms with Gasteiger partial charge in [-0.1, -0.05) is 0 Å². The van der Waals surface area contributed by atoms with Crippen molar-refractivity contribution in [3.05, 3.63) is 45.9 Å². The highest BCUT2D eigenvalue weighted by atomic mass is 32.1. The summed E-state index contributed by atoms with van der Waals surface area (Å²) >= 11 is 1.47. The van der Waals surface area contributed by atoms with E-state index in [1.165, 1.54) is 11.3 Å². The number of benzene rings is 1. The molecule has 0 atom stereocenters. The number of nitrogens with zero attached hydrogens (tertiary/aromatic N) is 4. The van der Waals surface area contributed by atoms with E-state index < -0.39 is 0 Å². The molecule has 0 spiro atoms. The molecule has 8 heteroatoms. The molecule has 154 valence electrons. The van der Waals surface area contributed by atoms with Gasteiger partial charge in [0.25, 0.3) is 5.91 Å². The number of thiazole rings is 1. The molecular formula is C21H26N4O3S. The van der Waals surface area contributed by atoms with Crippen molar-refractivity contribution in [2.75, 3.05) is 46.4 Å². The normalized spacial score (nSPS) is 10.9. The number of hydrogen-bond acceptors (Lipinski definition) is 7. The van der Waals surface area contributed by atoms with Crippen LogP contribution in [0.2, 0.25) is 0 Å². The fourth-order valence-electron chi connectivity index (χ4n) is 3.09. The number of methoxy groups -OCH3 is 2. The number of rotatable bonds is 8. The molecule has 29 heavy (non-hydrogen) atoms. The van der Waals surface area contributed by atoms with E-state index in [-0.39, 0.29) is 5.91 Å². The first-order chi connectivity index (χ1) is 13.9. The van der Waals surface area contributed by atoms with Gasteiger partial charge in [-0.05, 0) is 25.1 Å². The standard InChI is InChI=1S/C21H26N4O3S/c1-14-22-19(13-29-14)21(26)25(8-9-27-4)12-16-10-15-6-7-17(28-5)11-18(15)23-20(16)24(2)3/h6-7,10-11,13H,8-9,12H2,1-5H3. The van der Waals surface area contributed by atoms with Gasteiger partial charge in [0.15, 0.2) is 0 Å². The fraction of sp³-hybridized carbons (Fsp3) is 0.381. The largest absolute Gasteiger partial charge is 0.497 e. The van der Waals surface area contributed by atoms with E-state index in [1.807, 2.05) is 44.1 Å². The van der Waals surface area contributed by atoms with E-state index in [4.69, 9.17) is 14.5 Å². The van der Waals surface area contributed by atoms with Crippen LogP contribution in [0.5, 0.6) is 5.75 Å². The minimum Gasteiger partial charge on any atom is -0.497 e. The van der Waals surface area contributed by atoms with Crippen LogP contribution >= 0.6 is 11.3 Å². The SMILES string of the molecule is COCCN(Cc1cc2ccc(OC)cc2nc1N(C)C)C(=O)c1csc(C)n1. The van der Waals surface area contributed by atoms with Gasteiger partial charge in [-0.3, -0.25) is 4.79 Å². The number of ether oxygens (including phenoxy) is 2. The van der Waals surface area contributed by atoms with Crippen LogP contribution in [0.15, 0.2) is 29.6 Å². The molecule has 1 amide bonds. The molecule has 2 aromatic heterocycles. The second-order valence-electron chi connectivity index (χ2n) is 6.90. The average Bonchev–Trinajstić information content (AvgIpc) is 3.15. The number of aromatic nitrogens is 2. The van der Waals surface area contributed by atoms with Gasteiger partial charge in [0.05, 0.1) is 24.2 Å². The predicted octanol–water partition coefficient (Wildman–Crippen LogP) is 3.36. The molecule has 0 saturated carbocycles. The summed E-state index contributed by atoms with van der Waals surface area (Å²) in [5.74, 6) is 1.47. The summed E-state index contributed by atoms with van der Waals surface area (Å²) in [7, 11) is 7.17. The third-order valence-electron chi connectivity index (χ3n) is 4.56. The topological polar surface area (TPSA) is 67.8 Å². The van der Waals surface area contributed by atoms with E-state index in [0.717, 1.165) is 33.0 Å². The van der Waals surface area contributed by atoms with Crippen LogP contribution in [0, 0.1) is 6.92 Å². The molecule has 0 N–H and O–H groups in total. The van der Waals surface area contributed by atoms with E-state index >= 15 is 0 Å². The lowest BCUT2D eigenvalue weighted by molar-refractivity contribution is 0.0675. The van der Waals surface area contributed by atoms with Crippen LogP contribution in [-0.2, 0) is 11.3 Å². The molecule has 0 bridgehead atoms. The first kappa shape index (κ1) is 21.0. The maximum atomic E-state index is 13.1. The summed E-state index contributed by atoms with van der Waals surface area (Å²) < 4.78 is 10.5. The minimum absolute atomic E-state index is 0.106. The molecule has 0 aliphatic heterocycles. The van der Waals surface area contributed by atoms with Crippen LogP contribution in [0.1, 0.15) is 21.1 Å². The molecule has 7 nitrogen and oxygen atoms in total. The van der Waals surface area contributed by atoms with Gasteiger partial charge in [-0.25, -0.2) is 9.97 Å². The van der Waals surface area contributed by atoms with Gasteiger partial charge in [0.1, 0.15) is 17.3 Å². The summed E-state index contributed by atoms with van der Waals surface area (Å²) in [4.78, 5) is 26.0. The van der Waals surface area contributed by atoms with Crippen LogP contribution in [-0.4, -0.2) is 62.2 Å². The molecule has 0 saturated heterocycles. The summed E-state index contributed by atoms with van der Waals surface area (Å²) in [6, 6.07) is 7.89. The summed E-state index contributed by atoms with van der Waals surface area (Å²) in [6.07, 6.45) is 0. The van der Waals surface area contributed by atoms with E-state index in [2.05, 4.69) is 11.1 Å². The molecule has 2 heterocycles. The van der Waals surface area contributed by atoms with Crippen molar-refractivity contribution >= 4 is 34.0 Å². The number of fused-ring (bicyclic) bond motifs is 1.